The lowest BCUT2D eigenvalue weighted by atomic mass is 10.1. The zero-order valence-corrected chi connectivity index (χ0v) is 11.5. The van der Waals surface area contributed by atoms with Gasteiger partial charge >= 0.3 is 0 Å². The highest BCUT2D eigenvalue weighted by Gasteiger charge is 2.26. The SMILES string of the molecule is Cc1cc(Br)ccc1CN1CC(C)C(N)C1. The van der Waals surface area contributed by atoms with Crippen molar-refractivity contribution in [1.29, 1.82) is 0 Å². The summed E-state index contributed by atoms with van der Waals surface area (Å²) in [7, 11) is 0. The van der Waals surface area contributed by atoms with Gasteiger partial charge in [-0.25, -0.2) is 0 Å². The first-order valence-electron chi connectivity index (χ1n) is 5.79. The predicted octanol–water partition coefficient (Wildman–Crippen LogP) is 2.54. The van der Waals surface area contributed by atoms with Crippen LogP contribution in [-0.4, -0.2) is 24.0 Å². The van der Waals surface area contributed by atoms with Crippen molar-refractivity contribution in [2.45, 2.75) is 26.4 Å². The molecular weight excluding hydrogens is 264 g/mol. The van der Waals surface area contributed by atoms with Crippen molar-refractivity contribution in [3.8, 4) is 0 Å². The predicted molar refractivity (Wildman–Crippen MR) is 71.3 cm³/mol. The molecular formula is C13H19BrN2. The van der Waals surface area contributed by atoms with Crippen molar-refractivity contribution in [1.82, 2.24) is 4.90 Å². The molecule has 1 fully saturated rings. The Morgan fingerprint density at radius 2 is 2.19 bits per heavy atom. The van der Waals surface area contributed by atoms with Crippen LogP contribution in [-0.2, 0) is 6.54 Å². The monoisotopic (exact) mass is 282 g/mol. The lowest BCUT2D eigenvalue weighted by Gasteiger charge is -2.17. The van der Waals surface area contributed by atoms with Gasteiger partial charge in [0.15, 0.2) is 0 Å². The maximum Gasteiger partial charge on any atom is 0.0237 e. The molecule has 1 aliphatic heterocycles. The highest BCUT2D eigenvalue weighted by Crippen LogP contribution is 2.21. The van der Waals surface area contributed by atoms with Gasteiger partial charge < -0.3 is 5.73 Å². The van der Waals surface area contributed by atoms with Crippen LogP contribution in [0.25, 0.3) is 0 Å². The van der Waals surface area contributed by atoms with Gasteiger partial charge in [-0.2, -0.15) is 0 Å². The maximum atomic E-state index is 6.04. The minimum absolute atomic E-state index is 0.343. The summed E-state index contributed by atoms with van der Waals surface area (Å²) in [4.78, 5) is 2.45. The molecule has 1 heterocycles. The van der Waals surface area contributed by atoms with Crippen molar-refractivity contribution in [3.63, 3.8) is 0 Å². The molecule has 1 aromatic carbocycles. The molecule has 0 amide bonds. The molecule has 0 spiro atoms. The fourth-order valence-electron chi connectivity index (χ4n) is 2.30. The van der Waals surface area contributed by atoms with Gasteiger partial charge in [0.05, 0.1) is 0 Å². The molecule has 2 rings (SSSR count). The zero-order valence-electron chi connectivity index (χ0n) is 9.91. The Labute approximate surface area is 106 Å². The Balaban J connectivity index is 2.05. The first-order chi connectivity index (χ1) is 7.56. The molecule has 16 heavy (non-hydrogen) atoms. The van der Waals surface area contributed by atoms with E-state index in [1.165, 1.54) is 11.1 Å². The summed E-state index contributed by atoms with van der Waals surface area (Å²) in [5.74, 6) is 0.621. The summed E-state index contributed by atoms with van der Waals surface area (Å²) < 4.78 is 1.15. The Kier molecular flexibility index (Phi) is 3.67. The van der Waals surface area contributed by atoms with Gasteiger partial charge in [-0.3, -0.25) is 4.90 Å². The normalized spacial score (nSPS) is 26.2. The summed E-state index contributed by atoms with van der Waals surface area (Å²) >= 11 is 3.49. The number of aryl methyl sites for hydroxylation is 1. The van der Waals surface area contributed by atoms with Crippen molar-refractivity contribution in [2.75, 3.05) is 13.1 Å². The van der Waals surface area contributed by atoms with Gasteiger partial charge in [0, 0.05) is 30.1 Å². The van der Waals surface area contributed by atoms with Gasteiger partial charge in [-0.1, -0.05) is 28.9 Å². The highest BCUT2D eigenvalue weighted by molar-refractivity contribution is 9.10. The van der Waals surface area contributed by atoms with Crippen molar-refractivity contribution in [2.24, 2.45) is 11.7 Å². The lowest BCUT2D eigenvalue weighted by molar-refractivity contribution is 0.318. The van der Waals surface area contributed by atoms with Gasteiger partial charge in [0.2, 0.25) is 0 Å². The average molecular weight is 283 g/mol. The van der Waals surface area contributed by atoms with E-state index >= 15 is 0 Å². The number of benzene rings is 1. The van der Waals surface area contributed by atoms with E-state index in [4.69, 9.17) is 5.73 Å². The fraction of sp³-hybridized carbons (Fsp3) is 0.538. The lowest BCUT2D eigenvalue weighted by Crippen LogP contribution is -2.28. The van der Waals surface area contributed by atoms with Gasteiger partial charge in [0.1, 0.15) is 0 Å². The van der Waals surface area contributed by atoms with E-state index in [0.717, 1.165) is 24.1 Å². The van der Waals surface area contributed by atoms with Crippen LogP contribution in [0.2, 0.25) is 0 Å². The van der Waals surface area contributed by atoms with Crippen LogP contribution in [0.5, 0.6) is 0 Å². The quantitative estimate of drug-likeness (QED) is 0.903. The van der Waals surface area contributed by atoms with E-state index in [1.54, 1.807) is 0 Å². The Morgan fingerprint density at radius 1 is 1.44 bits per heavy atom. The summed E-state index contributed by atoms with van der Waals surface area (Å²) in [5.41, 5.74) is 8.79. The zero-order chi connectivity index (χ0) is 11.7. The second kappa shape index (κ2) is 4.86. The Hall–Kier alpha value is -0.380. The Morgan fingerprint density at radius 3 is 2.75 bits per heavy atom. The summed E-state index contributed by atoms with van der Waals surface area (Å²) in [6.07, 6.45) is 0. The number of nitrogens with two attached hydrogens (primary N) is 1. The number of likely N-dealkylation sites (tertiary alicyclic amines) is 1. The molecule has 1 aliphatic rings. The number of halogens is 1. The largest absolute Gasteiger partial charge is 0.326 e. The molecule has 0 aliphatic carbocycles. The van der Waals surface area contributed by atoms with Gasteiger partial charge in [-0.05, 0) is 36.1 Å². The van der Waals surface area contributed by atoms with E-state index < -0.39 is 0 Å². The molecule has 0 saturated carbocycles. The molecule has 2 N–H and O–H groups in total. The minimum atomic E-state index is 0.343. The third-order valence-electron chi connectivity index (χ3n) is 3.44. The number of nitrogens with zero attached hydrogens (tertiary/aromatic N) is 1. The van der Waals surface area contributed by atoms with E-state index in [1.807, 2.05) is 0 Å². The minimum Gasteiger partial charge on any atom is -0.326 e. The molecule has 1 saturated heterocycles. The van der Waals surface area contributed by atoms with E-state index in [0.29, 0.717) is 12.0 Å². The van der Waals surface area contributed by atoms with Crippen molar-refractivity contribution < 1.29 is 0 Å². The number of rotatable bonds is 2. The summed E-state index contributed by atoms with van der Waals surface area (Å²) in [6.45, 7) is 7.57. The second-order valence-electron chi connectivity index (χ2n) is 4.91. The third kappa shape index (κ3) is 2.65. The molecule has 1 aromatic rings. The fourth-order valence-corrected chi connectivity index (χ4v) is 2.78. The van der Waals surface area contributed by atoms with Crippen LogP contribution in [0.15, 0.2) is 22.7 Å². The van der Waals surface area contributed by atoms with Crippen LogP contribution >= 0.6 is 15.9 Å². The van der Waals surface area contributed by atoms with Crippen molar-refractivity contribution >= 4 is 15.9 Å². The topological polar surface area (TPSA) is 29.3 Å². The van der Waals surface area contributed by atoms with Crippen LogP contribution < -0.4 is 5.73 Å². The van der Waals surface area contributed by atoms with E-state index in [-0.39, 0.29) is 0 Å². The molecule has 0 aromatic heterocycles. The molecule has 2 atom stereocenters. The molecule has 0 radical (unpaired) electrons. The highest BCUT2D eigenvalue weighted by atomic mass is 79.9. The Bertz CT molecular complexity index is 368. The van der Waals surface area contributed by atoms with Crippen LogP contribution in [0.4, 0.5) is 0 Å². The summed E-state index contributed by atoms with van der Waals surface area (Å²) in [5, 5.41) is 0. The molecule has 88 valence electrons. The number of hydrogen-bond acceptors (Lipinski definition) is 2. The molecule has 3 heteroatoms. The first-order valence-corrected chi connectivity index (χ1v) is 6.58. The first kappa shape index (κ1) is 12.1. The smallest absolute Gasteiger partial charge is 0.0237 e. The van der Waals surface area contributed by atoms with E-state index in [2.05, 4.69) is 52.9 Å². The third-order valence-corrected chi connectivity index (χ3v) is 3.94. The number of hydrogen-bond donors (Lipinski definition) is 1. The van der Waals surface area contributed by atoms with Crippen LogP contribution in [0.1, 0.15) is 18.1 Å². The van der Waals surface area contributed by atoms with Gasteiger partial charge in [0.25, 0.3) is 0 Å². The van der Waals surface area contributed by atoms with Crippen molar-refractivity contribution in [3.05, 3.63) is 33.8 Å². The second-order valence-corrected chi connectivity index (χ2v) is 5.82. The molecule has 2 nitrogen and oxygen atoms in total. The maximum absolute atomic E-state index is 6.04. The van der Waals surface area contributed by atoms with Crippen LogP contribution in [0, 0.1) is 12.8 Å². The standard InChI is InChI=1S/C13H19BrN2/c1-9-5-12(14)4-3-11(9)7-16-6-10(2)13(15)8-16/h3-5,10,13H,6-8,15H2,1-2H3. The molecule has 0 bridgehead atoms. The van der Waals surface area contributed by atoms with Crippen LogP contribution in [0.3, 0.4) is 0 Å². The van der Waals surface area contributed by atoms with Gasteiger partial charge in [-0.15, -0.1) is 0 Å². The van der Waals surface area contributed by atoms with E-state index in [9.17, 15) is 0 Å². The summed E-state index contributed by atoms with van der Waals surface area (Å²) in [6, 6.07) is 6.83. The average Bonchev–Trinajstić information content (AvgIpc) is 2.51. The molecule has 2 unspecified atom stereocenters.